The van der Waals surface area contributed by atoms with E-state index in [1.165, 1.54) is 50.1 Å². The number of piperazine rings is 1. The largest absolute Gasteiger partial charge is 0.323 e. The second-order valence-corrected chi connectivity index (χ2v) is 7.35. The summed E-state index contributed by atoms with van der Waals surface area (Å²) in [6.45, 7) is 8.79. The first-order valence-electron chi connectivity index (χ1n) is 9.75. The van der Waals surface area contributed by atoms with E-state index in [0.29, 0.717) is 0 Å². The average Bonchev–Trinajstić information content (AvgIpc) is 2.68. The molecular weight excluding hydrogens is 304 g/mol. The summed E-state index contributed by atoms with van der Waals surface area (Å²) in [6, 6.07) is 22.3. The molecule has 1 heterocycles. The third-order valence-corrected chi connectivity index (χ3v) is 5.52. The molecule has 132 valence electrons. The fourth-order valence-electron chi connectivity index (χ4n) is 3.78. The molecule has 2 nitrogen and oxygen atoms in total. The maximum atomic E-state index is 2.43. The van der Waals surface area contributed by atoms with Gasteiger partial charge in [0.2, 0.25) is 0 Å². The molecule has 1 aliphatic rings. The van der Waals surface area contributed by atoms with Crippen LogP contribution in [0.2, 0.25) is 0 Å². The van der Waals surface area contributed by atoms with Gasteiger partial charge in [-0.3, -0.25) is 0 Å². The van der Waals surface area contributed by atoms with Gasteiger partial charge in [0.15, 0.2) is 0 Å². The minimum atomic E-state index is 0.765. The smallest absolute Gasteiger partial charge is 0.127 e. The molecule has 3 rings (SSSR count). The fourth-order valence-corrected chi connectivity index (χ4v) is 3.78. The molecule has 2 aromatic rings. The van der Waals surface area contributed by atoms with E-state index in [4.69, 9.17) is 0 Å². The van der Waals surface area contributed by atoms with E-state index in [2.05, 4.69) is 79.7 Å². The van der Waals surface area contributed by atoms with Crippen molar-refractivity contribution in [1.29, 1.82) is 0 Å². The van der Waals surface area contributed by atoms with E-state index in [-0.39, 0.29) is 0 Å². The molecule has 0 radical (unpaired) electrons. The third-order valence-electron chi connectivity index (χ3n) is 5.52. The van der Waals surface area contributed by atoms with Crippen LogP contribution >= 0.6 is 0 Å². The molecule has 0 saturated carbocycles. The van der Waals surface area contributed by atoms with Crippen molar-refractivity contribution in [2.24, 2.45) is 0 Å². The van der Waals surface area contributed by atoms with Crippen LogP contribution in [-0.4, -0.2) is 38.8 Å². The van der Waals surface area contributed by atoms with Crippen molar-refractivity contribution in [3.63, 3.8) is 0 Å². The second kappa shape index (κ2) is 9.55. The summed E-state index contributed by atoms with van der Waals surface area (Å²) in [5.41, 5.74) is 2.78. The quantitative estimate of drug-likeness (QED) is 0.758. The van der Waals surface area contributed by atoms with Gasteiger partial charge < -0.3 is 9.80 Å². The molecule has 0 bridgehead atoms. The van der Waals surface area contributed by atoms with E-state index >= 15 is 0 Å². The van der Waals surface area contributed by atoms with E-state index in [9.17, 15) is 0 Å². The molecule has 0 amide bonds. The molecule has 2 N–H and O–H groups in total. The van der Waals surface area contributed by atoms with Crippen LogP contribution in [0, 0.1) is 0 Å². The van der Waals surface area contributed by atoms with Gasteiger partial charge >= 0.3 is 0 Å². The van der Waals surface area contributed by atoms with Gasteiger partial charge in [-0.05, 0) is 30.5 Å². The lowest BCUT2D eigenvalue weighted by atomic mass is 10.0. The third kappa shape index (κ3) is 5.84. The summed E-state index contributed by atoms with van der Waals surface area (Å²) in [5.74, 6) is 0. The highest BCUT2D eigenvalue weighted by molar-refractivity contribution is 5.48. The van der Waals surface area contributed by atoms with Gasteiger partial charge in [-0.15, -0.1) is 0 Å². The Hall–Kier alpha value is -1.90. The lowest BCUT2D eigenvalue weighted by Gasteiger charge is -2.33. The molecule has 2 aromatic carbocycles. The van der Waals surface area contributed by atoms with Crippen LogP contribution in [0.3, 0.4) is 0 Å². The number of quaternary nitrogens is 2. The van der Waals surface area contributed by atoms with Gasteiger partial charge in [0, 0.05) is 6.42 Å². The highest BCUT2D eigenvalue weighted by atomic mass is 15.3. The Morgan fingerprint density at radius 1 is 0.880 bits per heavy atom. The second-order valence-electron chi connectivity index (χ2n) is 7.35. The number of rotatable bonds is 7. The molecule has 2 heteroatoms. The van der Waals surface area contributed by atoms with Crippen LogP contribution in [-0.2, 0) is 6.42 Å². The summed E-state index contributed by atoms with van der Waals surface area (Å²) >= 11 is 0. The fraction of sp³-hybridized carbons (Fsp3) is 0.391. The summed E-state index contributed by atoms with van der Waals surface area (Å²) in [4.78, 5) is 3.53. The number of aryl methyl sites for hydroxylation is 1. The Morgan fingerprint density at radius 3 is 2.20 bits per heavy atom. The molecule has 0 aromatic heterocycles. The first-order chi connectivity index (χ1) is 12.3. The van der Waals surface area contributed by atoms with Crippen molar-refractivity contribution in [1.82, 2.24) is 0 Å². The number of nitrogens with one attached hydrogen (secondary N) is 2. The standard InChI is InChI=1S/C23H30N2/c1-21(14-15-23-11-6-3-7-12-23)25-19-17-24(18-20-25)16-8-13-22-9-4-2-5-10-22/h2-13,21H,14-20H2,1H3/p+2/b13-8+/t21-/m0/s1. The topological polar surface area (TPSA) is 8.88 Å². The van der Waals surface area contributed by atoms with Crippen LogP contribution in [0.15, 0.2) is 66.7 Å². The number of hydrogen-bond acceptors (Lipinski definition) is 0. The Morgan fingerprint density at radius 2 is 1.52 bits per heavy atom. The monoisotopic (exact) mass is 336 g/mol. The van der Waals surface area contributed by atoms with Crippen LogP contribution in [0.4, 0.5) is 0 Å². The first-order valence-corrected chi connectivity index (χ1v) is 9.75. The Balaban J connectivity index is 1.37. The maximum absolute atomic E-state index is 2.43. The van der Waals surface area contributed by atoms with Crippen LogP contribution in [0.1, 0.15) is 24.5 Å². The Labute approximate surface area is 152 Å². The zero-order valence-corrected chi connectivity index (χ0v) is 15.5. The van der Waals surface area contributed by atoms with Crippen molar-refractivity contribution in [3.05, 3.63) is 77.9 Å². The van der Waals surface area contributed by atoms with Crippen molar-refractivity contribution >= 4 is 6.08 Å². The zero-order chi connectivity index (χ0) is 17.3. The molecule has 0 spiro atoms. The molecule has 1 fully saturated rings. The summed E-state index contributed by atoms with van der Waals surface area (Å²) in [7, 11) is 0. The van der Waals surface area contributed by atoms with Crippen LogP contribution in [0.25, 0.3) is 6.08 Å². The van der Waals surface area contributed by atoms with E-state index in [1.807, 2.05) is 0 Å². The zero-order valence-electron chi connectivity index (χ0n) is 15.5. The minimum absolute atomic E-state index is 0.765. The summed E-state index contributed by atoms with van der Waals surface area (Å²) < 4.78 is 0. The molecule has 0 aliphatic carbocycles. The predicted octanol–water partition coefficient (Wildman–Crippen LogP) is 1.50. The van der Waals surface area contributed by atoms with Crippen LogP contribution < -0.4 is 9.80 Å². The van der Waals surface area contributed by atoms with Gasteiger partial charge in [0.05, 0.1) is 12.6 Å². The van der Waals surface area contributed by atoms with Gasteiger partial charge in [-0.2, -0.15) is 0 Å². The number of benzene rings is 2. The van der Waals surface area contributed by atoms with Gasteiger partial charge in [0.25, 0.3) is 0 Å². The normalized spacial score (nSPS) is 22.1. The molecular formula is C23H32N2+2. The summed E-state index contributed by atoms with van der Waals surface area (Å²) in [5, 5.41) is 0. The average molecular weight is 337 g/mol. The minimum Gasteiger partial charge on any atom is -0.323 e. The SMILES string of the molecule is C[C@@H](CCc1ccccc1)[NH+]1CC[NH+](C/C=C/c2ccccc2)CC1. The van der Waals surface area contributed by atoms with E-state index in [0.717, 1.165) is 12.6 Å². The maximum Gasteiger partial charge on any atom is 0.127 e. The van der Waals surface area contributed by atoms with Crippen molar-refractivity contribution in [3.8, 4) is 0 Å². The van der Waals surface area contributed by atoms with Gasteiger partial charge in [-0.25, -0.2) is 0 Å². The molecule has 1 aliphatic heterocycles. The highest BCUT2D eigenvalue weighted by Gasteiger charge is 2.25. The molecule has 25 heavy (non-hydrogen) atoms. The Kier molecular flexibility index (Phi) is 6.84. The highest BCUT2D eigenvalue weighted by Crippen LogP contribution is 2.03. The van der Waals surface area contributed by atoms with E-state index in [1.54, 1.807) is 9.80 Å². The Bertz CT molecular complexity index is 628. The lowest BCUT2D eigenvalue weighted by molar-refractivity contribution is -1.02. The predicted molar refractivity (Wildman–Crippen MR) is 106 cm³/mol. The molecule has 1 atom stereocenters. The summed E-state index contributed by atoms with van der Waals surface area (Å²) in [6.07, 6.45) is 7.10. The molecule has 0 unspecified atom stereocenters. The van der Waals surface area contributed by atoms with Gasteiger partial charge in [0.1, 0.15) is 26.2 Å². The van der Waals surface area contributed by atoms with Crippen LogP contribution in [0.5, 0.6) is 0 Å². The van der Waals surface area contributed by atoms with Crippen molar-refractivity contribution in [2.75, 3.05) is 32.7 Å². The van der Waals surface area contributed by atoms with E-state index < -0.39 is 0 Å². The van der Waals surface area contributed by atoms with Gasteiger partial charge in [-0.1, -0.05) is 66.7 Å². The molecule has 1 saturated heterocycles. The first kappa shape index (κ1) is 17.9. The lowest BCUT2D eigenvalue weighted by Crippen LogP contribution is -3.29. The van der Waals surface area contributed by atoms with Crippen molar-refractivity contribution in [2.45, 2.75) is 25.8 Å². The van der Waals surface area contributed by atoms with Crippen molar-refractivity contribution < 1.29 is 9.80 Å². The number of hydrogen-bond donors (Lipinski definition) is 2.